The van der Waals surface area contributed by atoms with Gasteiger partial charge in [0.2, 0.25) is 0 Å². The zero-order valence-corrected chi connectivity index (χ0v) is 12.0. The van der Waals surface area contributed by atoms with E-state index in [4.69, 9.17) is 9.47 Å². The van der Waals surface area contributed by atoms with E-state index in [2.05, 4.69) is 12.4 Å². The summed E-state index contributed by atoms with van der Waals surface area (Å²) in [5.41, 5.74) is 0. The Morgan fingerprint density at radius 3 is 2.47 bits per heavy atom. The van der Waals surface area contributed by atoms with Crippen molar-refractivity contribution in [1.82, 2.24) is 5.32 Å². The van der Waals surface area contributed by atoms with Crippen LogP contribution in [-0.4, -0.2) is 26.8 Å². The first kappa shape index (κ1) is 14.2. The van der Waals surface area contributed by atoms with Gasteiger partial charge in [-0.25, -0.2) is 0 Å². The van der Waals surface area contributed by atoms with E-state index < -0.39 is 0 Å². The number of nitrogens with one attached hydrogen (secondary N) is 1. The lowest BCUT2D eigenvalue weighted by atomic mass is 9.83. The van der Waals surface area contributed by atoms with Gasteiger partial charge in [-0.15, -0.1) is 0 Å². The molecule has 2 unspecified atom stereocenters. The average Bonchev–Trinajstić information content (AvgIpc) is 2.48. The molecule has 0 radical (unpaired) electrons. The molecule has 3 heteroatoms. The van der Waals surface area contributed by atoms with Crippen LogP contribution in [0.5, 0.6) is 11.5 Å². The summed E-state index contributed by atoms with van der Waals surface area (Å²) in [6, 6.07) is 8.48. The molecule has 3 nitrogen and oxygen atoms in total. The van der Waals surface area contributed by atoms with Gasteiger partial charge in [0, 0.05) is 6.04 Å². The second-order valence-corrected chi connectivity index (χ2v) is 5.25. The zero-order chi connectivity index (χ0) is 13.5. The van der Waals surface area contributed by atoms with Crippen LogP contribution >= 0.6 is 0 Å². The Balaban J connectivity index is 1.75. The fraction of sp³-hybridized carbons (Fsp3) is 0.625. The van der Waals surface area contributed by atoms with E-state index in [1.165, 1.54) is 25.7 Å². The Bertz CT molecular complexity index is 364. The van der Waals surface area contributed by atoms with Crippen molar-refractivity contribution in [3.8, 4) is 11.5 Å². The second kappa shape index (κ2) is 7.39. The Labute approximate surface area is 116 Å². The van der Waals surface area contributed by atoms with Crippen molar-refractivity contribution in [2.24, 2.45) is 5.92 Å². The predicted molar refractivity (Wildman–Crippen MR) is 77.9 cm³/mol. The van der Waals surface area contributed by atoms with Crippen LogP contribution in [0.4, 0.5) is 0 Å². The molecule has 0 aliphatic heterocycles. The van der Waals surface area contributed by atoms with Crippen LogP contribution in [0.2, 0.25) is 0 Å². The lowest BCUT2D eigenvalue weighted by molar-refractivity contribution is 0.209. The molecule has 1 fully saturated rings. The molecule has 0 spiro atoms. The highest BCUT2D eigenvalue weighted by Crippen LogP contribution is 2.27. The third-order valence-corrected chi connectivity index (χ3v) is 4.10. The Kier molecular flexibility index (Phi) is 5.52. The van der Waals surface area contributed by atoms with Gasteiger partial charge in [0.1, 0.15) is 11.5 Å². The molecule has 0 amide bonds. The third kappa shape index (κ3) is 4.13. The number of hydrogen-bond acceptors (Lipinski definition) is 3. The van der Waals surface area contributed by atoms with Gasteiger partial charge in [-0.1, -0.05) is 12.8 Å². The highest BCUT2D eigenvalue weighted by Gasteiger charge is 2.23. The third-order valence-electron chi connectivity index (χ3n) is 4.10. The monoisotopic (exact) mass is 263 g/mol. The van der Waals surface area contributed by atoms with E-state index in [1.54, 1.807) is 7.11 Å². The highest BCUT2D eigenvalue weighted by atomic mass is 16.5. The molecular weight excluding hydrogens is 238 g/mol. The summed E-state index contributed by atoms with van der Waals surface area (Å²) >= 11 is 0. The number of hydrogen-bond donors (Lipinski definition) is 1. The van der Waals surface area contributed by atoms with Gasteiger partial charge in [-0.05, 0) is 56.5 Å². The summed E-state index contributed by atoms with van der Waals surface area (Å²) < 4.78 is 11.0. The van der Waals surface area contributed by atoms with Crippen LogP contribution in [-0.2, 0) is 0 Å². The van der Waals surface area contributed by atoms with Crippen molar-refractivity contribution >= 4 is 0 Å². The maximum atomic E-state index is 5.82. The van der Waals surface area contributed by atoms with Crippen molar-refractivity contribution < 1.29 is 9.47 Å². The van der Waals surface area contributed by atoms with E-state index in [1.807, 2.05) is 24.3 Å². The maximum absolute atomic E-state index is 5.82. The van der Waals surface area contributed by atoms with Gasteiger partial charge in [-0.2, -0.15) is 0 Å². The maximum Gasteiger partial charge on any atom is 0.119 e. The smallest absolute Gasteiger partial charge is 0.119 e. The normalized spacial score (nSPS) is 23.1. The molecule has 1 aromatic carbocycles. The molecule has 1 aromatic rings. The summed E-state index contributed by atoms with van der Waals surface area (Å²) in [5, 5.41) is 3.45. The first-order valence-electron chi connectivity index (χ1n) is 7.27. The first-order valence-corrected chi connectivity index (χ1v) is 7.27. The van der Waals surface area contributed by atoms with Gasteiger partial charge >= 0.3 is 0 Å². The second-order valence-electron chi connectivity index (χ2n) is 5.25. The van der Waals surface area contributed by atoms with Gasteiger partial charge in [0.05, 0.1) is 13.7 Å². The molecule has 0 bridgehead atoms. The van der Waals surface area contributed by atoms with Crippen LogP contribution in [0.25, 0.3) is 0 Å². The molecule has 0 heterocycles. The highest BCUT2D eigenvalue weighted by molar-refractivity contribution is 5.31. The van der Waals surface area contributed by atoms with Gasteiger partial charge in [-0.3, -0.25) is 0 Å². The number of ether oxygens (including phenoxy) is 2. The molecular formula is C16H25NO2. The van der Waals surface area contributed by atoms with E-state index in [9.17, 15) is 0 Å². The quantitative estimate of drug-likeness (QED) is 0.854. The average molecular weight is 263 g/mol. The van der Waals surface area contributed by atoms with E-state index in [-0.39, 0.29) is 0 Å². The summed E-state index contributed by atoms with van der Waals surface area (Å²) in [5.74, 6) is 2.56. The largest absolute Gasteiger partial charge is 0.497 e. The van der Waals surface area contributed by atoms with Crippen molar-refractivity contribution in [2.45, 2.75) is 38.1 Å². The van der Waals surface area contributed by atoms with Crippen LogP contribution < -0.4 is 14.8 Å². The molecule has 19 heavy (non-hydrogen) atoms. The minimum absolute atomic E-state index is 0.674. The molecule has 1 aliphatic carbocycles. The zero-order valence-electron chi connectivity index (χ0n) is 12.0. The van der Waals surface area contributed by atoms with Crippen LogP contribution in [0, 0.1) is 5.92 Å². The topological polar surface area (TPSA) is 30.5 Å². The first-order chi connectivity index (χ1) is 9.33. The summed E-state index contributed by atoms with van der Waals surface area (Å²) in [6.07, 6.45) is 6.51. The molecule has 1 saturated carbocycles. The van der Waals surface area contributed by atoms with Crippen LogP contribution in [0.1, 0.15) is 32.1 Å². The Morgan fingerprint density at radius 1 is 1.11 bits per heavy atom. The fourth-order valence-corrected chi connectivity index (χ4v) is 2.93. The lowest BCUT2D eigenvalue weighted by Crippen LogP contribution is -2.36. The summed E-state index contributed by atoms with van der Waals surface area (Å²) in [6.45, 7) is 0.801. The van der Waals surface area contributed by atoms with Gasteiger partial charge < -0.3 is 14.8 Å². The van der Waals surface area contributed by atoms with E-state index in [0.29, 0.717) is 6.04 Å². The predicted octanol–water partition coefficient (Wildman–Crippen LogP) is 3.24. The lowest BCUT2D eigenvalue weighted by Gasteiger charge is -2.31. The molecule has 2 atom stereocenters. The van der Waals surface area contributed by atoms with E-state index in [0.717, 1.165) is 30.4 Å². The Morgan fingerprint density at radius 2 is 1.79 bits per heavy atom. The van der Waals surface area contributed by atoms with Crippen molar-refractivity contribution in [1.29, 1.82) is 0 Å². The van der Waals surface area contributed by atoms with Crippen molar-refractivity contribution in [3.05, 3.63) is 24.3 Å². The molecule has 1 N–H and O–H groups in total. The standard InChI is InChI=1S/C16H25NO2/c1-17-16-6-4-3-5-13(16)11-12-19-15-9-7-14(18-2)8-10-15/h7-10,13,16-17H,3-6,11-12H2,1-2H3. The SMILES string of the molecule is CNC1CCCCC1CCOc1ccc(OC)cc1. The Hall–Kier alpha value is -1.22. The number of rotatable bonds is 6. The molecule has 0 saturated heterocycles. The minimum atomic E-state index is 0.674. The van der Waals surface area contributed by atoms with Crippen molar-refractivity contribution in [3.63, 3.8) is 0 Å². The van der Waals surface area contributed by atoms with Crippen molar-refractivity contribution in [2.75, 3.05) is 20.8 Å². The van der Waals surface area contributed by atoms with Gasteiger partial charge in [0.25, 0.3) is 0 Å². The minimum Gasteiger partial charge on any atom is -0.497 e. The number of benzene rings is 1. The summed E-state index contributed by atoms with van der Waals surface area (Å²) in [7, 11) is 3.75. The van der Waals surface area contributed by atoms with Crippen LogP contribution in [0.15, 0.2) is 24.3 Å². The molecule has 2 rings (SSSR count). The van der Waals surface area contributed by atoms with Gasteiger partial charge in [0.15, 0.2) is 0 Å². The fourth-order valence-electron chi connectivity index (χ4n) is 2.93. The molecule has 106 valence electrons. The number of methoxy groups -OCH3 is 1. The summed E-state index contributed by atoms with van der Waals surface area (Å²) in [4.78, 5) is 0. The molecule has 1 aliphatic rings. The van der Waals surface area contributed by atoms with E-state index >= 15 is 0 Å². The van der Waals surface area contributed by atoms with Crippen LogP contribution in [0.3, 0.4) is 0 Å². The molecule has 0 aromatic heterocycles.